The first kappa shape index (κ1) is 20.6. The predicted octanol–water partition coefficient (Wildman–Crippen LogP) is 4.38. The second-order valence-electron chi connectivity index (χ2n) is 5.43. The Hall–Kier alpha value is -1.74. The lowest BCUT2D eigenvalue weighted by atomic mass is 10.2. The molecular weight excluding hydrogens is 426 g/mol. The molecule has 0 atom stereocenters. The van der Waals surface area contributed by atoms with Gasteiger partial charge in [0.1, 0.15) is 10.8 Å². The zero-order chi connectivity index (χ0) is 19.1. The van der Waals surface area contributed by atoms with Crippen molar-refractivity contribution in [3.63, 3.8) is 0 Å². The molecule has 0 saturated carbocycles. The van der Waals surface area contributed by atoms with Crippen molar-refractivity contribution in [2.75, 3.05) is 6.54 Å². The molecule has 0 amide bonds. The summed E-state index contributed by atoms with van der Waals surface area (Å²) in [4.78, 5) is 10.1. The molecule has 9 heteroatoms. The number of thiazole rings is 1. The van der Waals surface area contributed by atoms with Crippen molar-refractivity contribution < 1.29 is 13.5 Å². The first-order valence-corrected chi connectivity index (χ1v) is 9.68. The number of halogens is 3. The number of alkyl halides is 2. The van der Waals surface area contributed by atoms with E-state index in [9.17, 15) is 8.78 Å². The minimum absolute atomic E-state index is 0.119. The zero-order valence-corrected chi connectivity index (χ0v) is 17.2. The summed E-state index contributed by atoms with van der Waals surface area (Å²) < 4.78 is 30.5. The average molecular weight is 447 g/mol. The van der Waals surface area contributed by atoms with Gasteiger partial charge in [-0.3, -0.25) is 0 Å². The topological polar surface area (TPSA) is 58.5 Å². The fourth-order valence-electron chi connectivity index (χ4n) is 2.16. The van der Waals surface area contributed by atoms with E-state index in [0.29, 0.717) is 24.6 Å². The van der Waals surface area contributed by atoms with Crippen LogP contribution in [0.3, 0.4) is 0 Å². The van der Waals surface area contributed by atoms with Crippen molar-refractivity contribution in [2.24, 2.45) is 4.99 Å². The molecule has 0 unspecified atom stereocenters. The molecule has 0 aliphatic heterocycles. The molecule has 5 nitrogen and oxygen atoms in total. The average Bonchev–Trinajstić information content (AvgIpc) is 2.90. The SMILES string of the molecule is CCNC(=NCc1cc(Br)ccc1OC(F)F)NCc1nc(C)c(C)s1. The minimum Gasteiger partial charge on any atom is -0.434 e. The Morgan fingerprint density at radius 1 is 1.35 bits per heavy atom. The maximum Gasteiger partial charge on any atom is 0.387 e. The van der Waals surface area contributed by atoms with E-state index in [-0.39, 0.29) is 12.3 Å². The monoisotopic (exact) mass is 446 g/mol. The third-order valence-electron chi connectivity index (χ3n) is 3.47. The standard InChI is InChI=1S/C17H21BrF2N4OS/c1-4-21-17(23-9-15-24-10(2)11(3)26-15)22-8-12-7-13(18)5-6-14(12)25-16(19)20/h5-7,16H,4,8-9H2,1-3H3,(H2,21,22,23). The molecule has 0 aliphatic carbocycles. The molecule has 26 heavy (non-hydrogen) atoms. The summed E-state index contributed by atoms with van der Waals surface area (Å²) >= 11 is 4.98. The molecule has 0 radical (unpaired) electrons. The number of benzene rings is 1. The highest BCUT2D eigenvalue weighted by Crippen LogP contribution is 2.25. The number of rotatable bonds is 7. The summed E-state index contributed by atoms with van der Waals surface area (Å²) in [7, 11) is 0. The maximum atomic E-state index is 12.6. The second kappa shape index (κ2) is 9.82. The number of nitrogens with one attached hydrogen (secondary N) is 2. The number of guanidine groups is 1. The third-order valence-corrected chi connectivity index (χ3v) is 5.04. The van der Waals surface area contributed by atoms with Crippen LogP contribution in [0.4, 0.5) is 8.78 Å². The number of ether oxygens (including phenoxy) is 1. The molecule has 0 fully saturated rings. The van der Waals surface area contributed by atoms with Crippen molar-refractivity contribution in [2.45, 2.75) is 40.5 Å². The molecule has 2 aromatic rings. The van der Waals surface area contributed by atoms with Crippen molar-refractivity contribution >= 4 is 33.2 Å². The molecule has 2 rings (SSSR count). The van der Waals surface area contributed by atoms with E-state index < -0.39 is 6.61 Å². The highest BCUT2D eigenvalue weighted by Gasteiger charge is 2.11. The smallest absolute Gasteiger partial charge is 0.387 e. The van der Waals surface area contributed by atoms with Gasteiger partial charge in [0.15, 0.2) is 5.96 Å². The van der Waals surface area contributed by atoms with E-state index in [4.69, 9.17) is 0 Å². The Kier molecular flexibility index (Phi) is 7.77. The first-order chi connectivity index (χ1) is 12.4. The fourth-order valence-corrected chi connectivity index (χ4v) is 3.44. The minimum atomic E-state index is -2.87. The van der Waals surface area contributed by atoms with E-state index in [1.165, 1.54) is 10.9 Å². The van der Waals surface area contributed by atoms with Crippen molar-refractivity contribution in [1.82, 2.24) is 15.6 Å². The molecule has 0 aliphatic rings. The summed E-state index contributed by atoms with van der Waals surface area (Å²) in [6, 6.07) is 4.88. The van der Waals surface area contributed by atoms with Gasteiger partial charge in [0, 0.05) is 21.5 Å². The van der Waals surface area contributed by atoms with E-state index in [2.05, 4.69) is 41.3 Å². The van der Waals surface area contributed by atoms with Gasteiger partial charge in [-0.15, -0.1) is 11.3 Å². The van der Waals surface area contributed by atoms with Crippen LogP contribution >= 0.6 is 27.3 Å². The molecular formula is C17H21BrF2N4OS. The van der Waals surface area contributed by atoms with Crippen LogP contribution in [0.2, 0.25) is 0 Å². The van der Waals surface area contributed by atoms with Gasteiger partial charge in [-0.05, 0) is 39.0 Å². The van der Waals surface area contributed by atoms with E-state index in [0.717, 1.165) is 15.2 Å². The number of aromatic nitrogens is 1. The molecule has 1 aromatic heterocycles. The second-order valence-corrected chi connectivity index (χ2v) is 7.63. The van der Waals surface area contributed by atoms with Crippen LogP contribution in [0.15, 0.2) is 27.7 Å². The van der Waals surface area contributed by atoms with Gasteiger partial charge in [0.2, 0.25) is 0 Å². The highest BCUT2D eigenvalue weighted by molar-refractivity contribution is 9.10. The van der Waals surface area contributed by atoms with E-state index >= 15 is 0 Å². The first-order valence-electron chi connectivity index (χ1n) is 8.07. The van der Waals surface area contributed by atoms with Gasteiger partial charge in [-0.1, -0.05) is 15.9 Å². The molecule has 1 aromatic carbocycles. The lowest BCUT2D eigenvalue weighted by molar-refractivity contribution is -0.0504. The maximum absolute atomic E-state index is 12.6. The molecule has 0 spiro atoms. The Balaban J connectivity index is 2.09. The lowest BCUT2D eigenvalue weighted by Gasteiger charge is -2.12. The van der Waals surface area contributed by atoms with Crippen molar-refractivity contribution in [1.29, 1.82) is 0 Å². The number of hydrogen-bond donors (Lipinski definition) is 2. The normalized spacial score (nSPS) is 11.7. The van der Waals surface area contributed by atoms with Gasteiger partial charge in [0.05, 0.1) is 18.8 Å². The van der Waals surface area contributed by atoms with Gasteiger partial charge >= 0.3 is 6.61 Å². The molecule has 142 valence electrons. The van der Waals surface area contributed by atoms with Crippen LogP contribution in [0.1, 0.15) is 28.1 Å². The molecule has 1 heterocycles. The quantitative estimate of drug-likeness (QED) is 0.489. The van der Waals surface area contributed by atoms with Gasteiger partial charge in [-0.2, -0.15) is 8.78 Å². The summed E-state index contributed by atoms with van der Waals surface area (Å²) in [5, 5.41) is 7.31. The van der Waals surface area contributed by atoms with E-state index in [1.54, 1.807) is 23.5 Å². The Morgan fingerprint density at radius 2 is 2.12 bits per heavy atom. The van der Waals surface area contributed by atoms with Crippen LogP contribution in [-0.4, -0.2) is 24.1 Å². The van der Waals surface area contributed by atoms with Gasteiger partial charge in [0.25, 0.3) is 0 Å². The van der Waals surface area contributed by atoms with Crippen LogP contribution in [0, 0.1) is 13.8 Å². The zero-order valence-electron chi connectivity index (χ0n) is 14.8. The Bertz CT molecular complexity index is 748. The van der Waals surface area contributed by atoms with Gasteiger partial charge < -0.3 is 15.4 Å². The predicted molar refractivity (Wildman–Crippen MR) is 104 cm³/mol. The molecule has 2 N–H and O–H groups in total. The fraction of sp³-hybridized carbons (Fsp3) is 0.412. The van der Waals surface area contributed by atoms with Crippen LogP contribution in [-0.2, 0) is 13.1 Å². The van der Waals surface area contributed by atoms with Crippen molar-refractivity contribution in [3.8, 4) is 5.75 Å². The van der Waals surface area contributed by atoms with Crippen molar-refractivity contribution in [3.05, 3.63) is 43.8 Å². The lowest BCUT2D eigenvalue weighted by Crippen LogP contribution is -2.36. The van der Waals surface area contributed by atoms with Crippen LogP contribution < -0.4 is 15.4 Å². The molecule has 0 saturated heterocycles. The number of nitrogens with zero attached hydrogens (tertiary/aromatic N) is 2. The molecule has 0 bridgehead atoms. The third kappa shape index (κ3) is 6.21. The van der Waals surface area contributed by atoms with Gasteiger partial charge in [-0.25, -0.2) is 9.98 Å². The highest BCUT2D eigenvalue weighted by atomic mass is 79.9. The van der Waals surface area contributed by atoms with E-state index in [1.807, 2.05) is 20.8 Å². The largest absolute Gasteiger partial charge is 0.434 e. The number of aliphatic imine (C=N–C) groups is 1. The Labute approximate surface area is 164 Å². The summed E-state index contributed by atoms with van der Waals surface area (Å²) in [6.07, 6.45) is 0. The summed E-state index contributed by atoms with van der Waals surface area (Å²) in [6.45, 7) is 4.53. The van der Waals surface area contributed by atoms with Crippen LogP contribution in [0.25, 0.3) is 0 Å². The summed E-state index contributed by atoms with van der Waals surface area (Å²) in [5.74, 6) is 0.704. The number of aryl methyl sites for hydroxylation is 2. The Morgan fingerprint density at radius 3 is 2.73 bits per heavy atom. The summed E-state index contributed by atoms with van der Waals surface area (Å²) in [5.41, 5.74) is 1.59. The van der Waals surface area contributed by atoms with Crippen LogP contribution in [0.5, 0.6) is 5.75 Å². The number of hydrogen-bond acceptors (Lipinski definition) is 4.